The Hall–Kier alpha value is -2.38. The molecule has 1 aromatic heterocycles. The molecule has 6 nitrogen and oxygen atoms in total. The number of aryl methyl sites for hydroxylation is 2. The number of hydrogen-bond donors (Lipinski definition) is 0. The Morgan fingerprint density at radius 1 is 1.19 bits per heavy atom. The third-order valence-electron chi connectivity index (χ3n) is 4.15. The van der Waals surface area contributed by atoms with Crippen LogP contribution in [-0.2, 0) is 10.0 Å². The Labute approximate surface area is 152 Å². The van der Waals surface area contributed by atoms with Gasteiger partial charge in [0.25, 0.3) is 0 Å². The number of benzene rings is 1. The van der Waals surface area contributed by atoms with E-state index in [1.807, 2.05) is 31.2 Å². The first kappa shape index (κ1) is 18.4. The summed E-state index contributed by atoms with van der Waals surface area (Å²) in [6, 6.07) is 10.5. The van der Waals surface area contributed by atoms with Crippen LogP contribution in [0.25, 0.3) is 6.08 Å². The van der Waals surface area contributed by atoms with E-state index in [2.05, 4.69) is 0 Å². The molecule has 1 unspecified atom stereocenters. The van der Waals surface area contributed by atoms with E-state index in [9.17, 15) is 13.2 Å². The van der Waals surface area contributed by atoms with Crippen molar-refractivity contribution in [1.82, 2.24) is 4.31 Å². The molecule has 0 saturated carbocycles. The zero-order valence-electron chi connectivity index (χ0n) is 14.7. The average molecular weight is 375 g/mol. The minimum absolute atomic E-state index is 0.250. The van der Waals surface area contributed by atoms with Gasteiger partial charge in [-0.25, -0.2) is 13.2 Å². The van der Waals surface area contributed by atoms with E-state index >= 15 is 0 Å². The first-order valence-electron chi connectivity index (χ1n) is 8.35. The van der Waals surface area contributed by atoms with Crippen LogP contribution in [0.4, 0.5) is 0 Å². The van der Waals surface area contributed by atoms with Crippen LogP contribution in [0.2, 0.25) is 0 Å². The number of hydrogen-bond acceptors (Lipinski definition) is 5. The zero-order chi connectivity index (χ0) is 18.7. The Bertz CT molecular complexity index is 960. The molecular weight excluding hydrogens is 354 g/mol. The molecule has 0 aliphatic carbocycles. The molecule has 1 aliphatic heterocycles. The molecule has 0 amide bonds. The molecule has 2 aromatic rings. The summed E-state index contributed by atoms with van der Waals surface area (Å²) in [5.74, 6) is 0.856. The van der Waals surface area contributed by atoms with E-state index in [-0.39, 0.29) is 12.6 Å². The quantitative estimate of drug-likeness (QED) is 0.803. The summed E-state index contributed by atoms with van der Waals surface area (Å²) in [5.41, 5.74) is 1.47. The fourth-order valence-corrected chi connectivity index (χ4v) is 4.02. The first-order chi connectivity index (χ1) is 12.3. The van der Waals surface area contributed by atoms with Crippen molar-refractivity contribution in [3.63, 3.8) is 0 Å². The van der Waals surface area contributed by atoms with Crippen LogP contribution in [0.1, 0.15) is 23.3 Å². The number of nitrogens with zero attached hydrogens (tertiary/aromatic N) is 1. The highest BCUT2D eigenvalue weighted by molar-refractivity contribution is 7.92. The van der Waals surface area contributed by atoms with Crippen molar-refractivity contribution in [3.05, 3.63) is 69.1 Å². The maximum absolute atomic E-state index is 12.5. The highest BCUT2D eigenvalue weighted by Gasteiger charge is 2.31. The van der Waals surface area contributed by atoms with Crippen LogP contribution in [0, 0.1) is 13.8 Å². The topological polar surface area (TPSA) is 76.8 Å². The minimum atomic E-state index is -3.52. The van der Waals surface area contributed by atoms with Crippen LogP contribution in [0.15, 0.2) is 51.0 Å². The fourth-order valence-electron chi connectivity index (χ4n) is 2.79. The van der Waals surface area contributed by atoms with Crippen molar-refractivity contribution < 1.29 is 17.6 Å². The predicted octanol–water partition coefficient (Wildman–Crippen LogP) is 2.71. The second-order valence-electron chi connectivity index (χ2n) is 6.37. The lowest BCUT2D eigenvalue weighted by Crippen LogP contribution is -2.29. The maximum atomic E-state index is 12.5. The predicted molar refractivity (Wildman–Crippen MR) is 99.5 cm³/mol. The summed E-state index contributed by atoms with van der Waals surface area (Å²) in [5, 5.41) is 1.22. The second-order valence-corrected chi connectivity index (χ2v) is 8.19. The summed E-state index contributed by atoms with van der Waals surface area (Å²) in [6.07, 6.45) is 1.87. The standard InChI is InChI=1S/C19H21NO5S/c1-14-3-5-16(6-4-14)8-10-26(22,23)20-9-7-17(13-20)25-18-11-15(2)24-19(21)12-18/h3-6,8,10-12,17H,7,9,13H2,1-2H3/b10-8+. The van der Waals surface area contributed by atoms with E-state index in [0.29, 0.717) is 24.5 Å². The lowest BCUT2D eigenvalue weighted by Gasteiger charge is -2.15. The Balaban J connectivity index is 1.65. The molecule has 7 heteroatoms. The van der Waals surface area contributed by atoms with Crippen LogP contribution >= 0.6 is 0 Å². The lowest BCUT2D eigenvalue weighted by atomic mass is 10.2. The molecule has 1 atom stereocenters. The first-order valence-corrected chi connectivity index (χ1v) is 9.85. The van der Waals surface area contributed by atoms with Gasteiger partial charge in [0.15, 0.2) is 0 Å². The third kappa shape index (κ3) is 4.62. The Morgan fingerprint density at radius 3 is 2.62 bits per heavy atom. The molecule has 0 N–H and O–H groups in total. The smallest absolute Gasteiger partial charge is 0.339 e. The molecule has 0 bridgehead atoms. The van der Waals surface area contributed by atoms with E-state index in [1.54, 1.807) is 19.1 Å². The van der Waals surface area contributed by atoms with E-state index in [1.165, 1.54) is 15.8 Å². The van der Waals surface area contributed by atoms with E-state index in [4.69, 9.17) is 9.15 Å². The largest absolute Gasteiger partial charge is 0.489 e. The molecule has 0 spiro atoms. The average Bonchev–Trinajstić information content (AvgIpc) is 3.03. The fraction of sp³-hybridized carbons (Fsp3) is 0.316. The highest BCUT2D eigenvalue weighted by Crippen LogP contribution is 2.21. The molecule has 1 fully saturated rings. The highest BCUT2D eigenvalue weighted by atomic mass is 32.2. The van der Waals surface area contributed by atoms with Gasteiger partial charge in [-0.3, -0.25) is 0 Å². The Kier molecular flexibility index (Phi) is 5.29. The number of sulfonamides is 1. The third-order valence-corrected chi connectivity index (χ3v) is 5.68. The van der Waals surface area contributed by atoms with Gasteiger partial charge in [-0.2, -0.15) is 4.31 Å². The molecule has 3 rings (SSSR count). The monoisotopic (exact) mass is 375 g/mol. The SMILES string of the molecule is Cc1ccc(/C=C/S(=O)(=O)N2CCC(Oc3cc(C)oc(=O)c3)C2)cc1. The molecule has 1 saturated heterocycles. The minimum Gasteiger partial charge on any atom is -0.489 e. The molecule has 26 heavy (non-hydrogen) atoms. The molecule has 1 aliphatic rings. The van der Waals surface area contributed by atoms with E-state index < -0.39 is 15.6 Å². The van der Waals surface area contributed by atoms with Gasteiger partial charge in [-0.1, -0.05) is 29.8 Å². The van der Waals surface area contributed by atoms with Gasteiger partial charge < -0.3 is 9.15 Å². The summed E-state index contributed by atoms with van der Waals surface area (Å²) < 4.78 is 37.0. The van der Waals surface area contributed by atoms with Gasteiger partial charge in [-0.15, -0.1) is 0 Å². The van der Waals surface area contributed by atoms with Gasteiger partial charge in [-0.05, 0) is 31.9 Å². The molecule has 1 aromatic carbocycles. The van der Waals surface area contributed by atoms with Gasteiger partial charge in [0.05, 0.1) is 12.6 Å². The molecule has 138 valence electrons. The molecule has 2 heterocycles. The number of rotatable bonds is 5. The van der Waals surface area contributed by atoms with Gasteiger partial charge in [0.2, 0.25) is 10.0 Å². The van der Waals surface area contributed by atoms with Crippen molar-refractivity contribution in [1.29, 1.82) is 0 Å². The van der Waals surface area contributed by atoms with Crippen LogP contribution in [0.5, 0.6) is 5.75 Å². The lowest BCUT2D eigenvalue weighted by molar-refractivity contribution is 0.213. The normalized spacial score (nSPS) is 18.5. The van der Waals surface area contributed by atoms with Crippen molar-refractivity contribution in [3.8, 4) is 5.75 Å². The summed E-state index contributed by atoms with van der Waals surface area (Å²) in [6.45, 7) is 4.27. The summed E-state index contributed by atoms with van der Waals surface area (Å²) in [7, 11) is -3.52. The number of ether oxygens (including phenoxy) is 1. The zero-order valence-corrected chi connectivity index (χ0v) is 15.5. The van der Waals surface area contributed by atoms with Crippen LogP contribution < -0.4 is 10.4 Å². The maximum Gasteiger partial charge on any atom is 0.339 e. The van der Waals surface area contributed by atoms with Gasteiger partial charge in [0, 0.05) is 18.0 Å². The van der Waals surface area contributed by atoms with Crippen molar-refractivity contribution in [2.45, 2.75) is 26.4 Å². The van der Waals surface area contributed by atoms with Gasteiger partial charge >= 0.3 is 5.63 Å². The summed E-state index contributed by atoms with van der Waals surface area (Å²) in [4.78, 5) is 11.4. The van der Waals surface area contributed by atoms with Crippen molar-refractivity contribution >= 4 is 16.1 Å². The van der Waals surface area contributed by atoms with Crippen molar-refractivity contribution in [2.24, 2.45) is 0 Å². The summed E-state index contributed by atoms with van der Waals surface area (Å²) >= 11 is 0. The Morgan fingerprint density at radius 2 is 1.92 bits per heavy atom. The van der Waals surface area contributed by atoms with Crippen LogP contribution in [0.3, 0.4) is 0 Å². The second kappa shape index (κ2) is 7.47. The van der Waals surface area contributed by atoms with E-state index in [0.717, 1.165) is 11.1 Å². The van der Waals surface area contributed by atoms with Gasteiger partial charge in [0.1, 0.15) is 17.6 Å². The van der Waals surface area contributed by atoms with Crippen molar-refractivity contribution in [2.75, 3.05) is 13.1 Å². The van der Waals surface area contributed by atoms with Crippen LogP contribution in [-0.4, -0.2) is 31.9 Å². The molecule has 0 radical (unpaired) electrons. The molecular formula is C19H21NO5S.